The Bertz CT molecular complexity index is 647. The van der Waals surface area contributed by atoms with E-state index < -0.39 is 11.9 Å². The topological polar surface area (TPSA) is 65.7 Å². The molecule has 0 unspecified atom stereocenters. The predicted octanol–water partition coefficient (Wildman–Crippen LogP) is 3.15. The van der Waals surface area contributed by atoms with E-state index in [0.29, 0.717) is 22.6 Å². The van der Waals surface area contributed by atoms with Crippen molar-refractivity contribution in [1.82, 2.24) is 0 Å². The number of carbonyl (C=O) groups excluding carboxylic acids is 2. The van der Waals surface area contributed by atoms with Crippen LogP contribution in [-0.4, -0.2) is 26.2 Å². The third-order valence-electron chi connectivity index (χ3n) is 2.80. The number of ether oxygens (including phenoxy) is 2. The summed E-state index contributed by atoms with van der Waals surface area (Å²) in [5, 5.41) is 0. The highest BCUT2D eigenvalue weighted by molar-refractivity contribution is 7.98. The Labute approximate surface area is 126 Å². The van der Waals surface area contributed by atoms with Crippen LogP contribution in [-0.2, 0) is 15.2 Å². The molecule has 5 nitrogen and oxygen atoms in total. The van der Waals surface area contributed by atoms with Crippen LogP contribution in [0.15, 0.2) is 45.9 Å². The maximum absolute atomic E-state index is 11.7. The predicted molar refractivity (Wildman–Crippen MR) is 77.4 cm³/mol. The molecule has 0 N–H and O–H groups in total. The number of carbonyl (C=O) groups is 2. The Morgan fingerprint density at radius 2 is 1.71 bits per heavy atom. The normalized spacial score (nSPS) is 10.2. The average molecular weight is 306 g/mol. The van der Waals surface area contributed by atoms with E-state index in [1.807, 2.05) is 12.1 Å². The molecule has 0 amide bonds. The Morgan fingerprint density at radius 1 is 1.05 bits per heavy atom. The molecule has 0 radical (unpaired) electrons. The second kappa shape index (κ2) is 6.99. The SMILES string of the molecule is COC(=O)c1ccccc1SCc1occc1C(=O)OC. The van der Waals surface area contributed by atoms with Gasteiger partial charge >= 0.3 is 11.9 Å². The van der Waals surface area contributed by atoms with Crippen molar-refractivity contribution in [3.63, 3.8) is 0 Å². The van der Waals surface area contributed by atoms with Crippen LogP contribution in [0.5, 0.6) is 0 Å². The lowest BCUT2D eigenvalue weighted by atomic mass is 10.2. The van der Waals surface area contributed by atoms with E-state index in [0.717, 1.165) is 4.90 Å². The number of thioether (sulfide) groups is 1. The van der Waals surface area contributed by atoms with Crippen molar-refractivity contribution in [2.24, 2.45) is 0 Å². The Balaban J connectivity index is 2.16. The standard InChI is InChI=1S/C15H14O5S/c1-18-14(16)10-7-8-20-12(10)9-21-13-6-4-3-5-11(13)15(17)19-2/h3-8H,9H2,1-2H3. The van der Waals surface area contributed by atoms with Crippen molar-refractivity contribution in [1.29, 1.82) is 0 Å². The van der Waals surface area contributed by atoms with E-state index >= 15 is 0 Å². The van der Waals surface area contributed by atoms with E-state index in [1.54, 1.807) is 18.2 Å². The monoisotopic (exact) mass is 306 g/mol. The Kier molecular flexibility index (Phi) is 5.05. The summed E-state index contributed by atoms with van der Waals surface area (Å²) in [6, 6.07) is 8.67. The highest BCUT2D eigenvalue weighted by atomic mass is 32.2. The van der Waals surface area contributed by atoms with Crippen LogP contribution in [0.1, 0.15) is 26.5 Å². The molecule has 21 heavy (non-hydrogen) atoms. The second-order valence-corrected chi connectivity index (χ2v) is 5.04. The summed E-state index contributed by atoms with van der Waals surface area (Å²) in [6.45, 7) is 0. The van der Waals surface area contributed by atoms with Gasteiger partial charge in [-0.2, -0.15) is 0 Å². The summed E-state index contributed by atoms with van der Waals surface area (Å²) in [4.78, 5) is 24.0. The fourth-order valence-corrected chi connectivity index (χ4v) is 2.75. The van der Waals surface area contributed by atoms with E-state index in [1.165, 1.54) is 32.2 Å². The molecule has 0 fully saturated rings. The van der Waals surface area contributed by atoms with Crippen molar-refractivity contribution < 1.29 is 23.5 Å². The summed E-state index contributed by atoms with van der Waals surface area (Å²) in [6.07, 6.45) is 1.44. The number of hydrogen-bond acceptors (Lipinski definition) is 6. The third-order valence-corrected chi connectivity index (χ3v) is 3.88. The summed E-state index contributed by atoms with van der Waals surface area (Å²) in [5.41, 5.74) is 0.872. The van der Waals surface area contributed by atoms with Crippen molar-refractivity contribution in [3.05, 3.63) is 53.5 Å². The first-order valence-electron chi connectivity index (χ1n) is 6.12. The van der Waals surface area contributed by atoms with Crippen LogP contribution < -0.4 is 0 Å². The van der Waals surface area contributed by atoms with Crippen LogP contribution >= 0.6 is 11.8 Å². The molecule has 0 aliphatic heterocycles. The van der Waals surface area contributed by atoms with Gasteiger partial charge in [-0.1, -0.05) is 12.1 Å². The lowest BCUT2D eigenvalue weighted by Gasteiger charge is -2.07. The molecule has 2 rings (SSSR count). The number of furan rings is 1. The molecular weight excluding hydrogens is 292 g/mol. The van der Waals surface area contributed by atoms with Gasteiger partial charge in [-0.15, -0.1) is 11.8 Å². The highest BCUT2D eigenvalue weighted by Crippen LogP contribution is 2.28. The van der Waals surface area contributed by atoms with Gasteiger partial charge in [0.1, 0.15) is 11.3 Å². The molecule has 1 aromatic heterocycles. The highest BCUT2D eigenvalue weighted by Gasteiger charge is 2.17. The smallest absolute Gasteiger partial charge is 0.341 e. The van der Waals surface area contributed by atoms with Gasteiger partial charge in [0.15, 0.2) is 0 Å². The number of hydrogen-bond donors (Lipinski definition) is 0. The largest absolute Gasteiger partial charge is 0.468 e. The quantitative estimate of drug-likeness (QED) is 0.624. The molecule has 1 heterocycles. The number of methoxy groups -OCH3 is 2. The third kappa shape index (κ3) is 3.46. The van der Waals surface area contributed by atoms with Crippen LogP contribution in [0.4, 0.5) is 0 Å². The fourth-order valence-electron chi connectivity index (χ4n) is 1.76. The lowest BCUT2D eigenvalue weighted by Crippen LogP contribution is -2.04. The summed E-state index contributed by atoms with van der Waals surface area (Å²) < 4.78 is 14.7. The van der Waals surface area contributed by atoms with Crippen LogP contribution in [0.2, 0.25) is 0 Å². The minimum Gasteiger partial charge on any atom is -0.468 e. The summed E-state index contributed by atoms with van der Waals surface area (Å²) in [7, 11) is 2.66. The summed E-state index contributed by atoms with van der Waals surface area (Å²) >= 11 is 1.39. The minimum absolute atomic E-state index is 0.389. The van der Waals surface area contributed by atoms with E-state index in [-0.39, 0.29) is 0 Å². The van der Waals surface area contributed by atoms with Gasteiger partial charge in [0, 0.05) is 4.90 Å². The molecule has 0 saturated heterocycles. The van der Waals surface area contributed by atoms with Crippen molar-refractivity contribution in [2.45, 2.75) is 10.6 Å². The first kappa shape index (κ1) is 15.2. The lowest BCUT2D eigenvalue weighted by molar-refractivity contribution is 0.0588. The first-order valence-corrected chi connectivity index (χ1v) is 7.10. The van der Waals surface area contributed by atoms with E-state index in [9.17, 15) is 9.59 Å². The van der Waals surface area contributed by atoms with Gasteiger partial charge in [0.05, 0.1) is 31.8 Å². The van der Waals surface area contributed by atoms with Gasteiger partial charge in [0.25, 0.3) is 0 Å². The fraction of sp³-hybridized carbons (Fsp3) is 0.200. The molecule has 6 heteroatoms. The Hall–Kier alpha value is -2.21. The van der Waals surface area contributed by atoms with Gasteiger partial charge in [0.2, 0.25) is 0 Å². The second-order valence-electron chi connectivity index (χ2n) is 4.03. The molecule has 1 aromatic carbocycles. The van der Waals surface area contributed by atoms with Crippen LogP contribution in [0, 0.1) is 0 Å². The molecule has 0 aliphatic rings. The van der Waals surface area contributed by atoms with E-state index in [4.69, 9.17) is 9.15 Å². The molecule has 110 valence electrons. The molecular formula is C15H14O5S. The van der Waals surface area contributed by atoms with Crippen LogP contribution in [0.25, 0.3) is 0 Å². The molecule has 0 aliphatic carbocycles. The average Bonchev–Trinajstić information content (AvgIpc) is 3.00. The molecule has 0 spiro atoms. The van der Waals surface area contributed by atoms with E-state index in [2.05, 4.69) is 4.74 Å². The minimum atomic E-state index is -0.444. The molecule has 0 saturated carbocycles. The van der Waals surface area contributed by atoms with Gasteiger partial charge in [-0.25, -0.2) is 9.59 Å². The van der Waals surface area contributed by atoms with Crippen molar-refractivity contribution in [3.8, 4) is 0 Å². The molecule has 0 bridgehead atoms. The van der Waals surface area contributed by atoms with Crippen LogP contribution in [0.3, 0.4) is 0 Å². The van der Waals surface area contributed by atoms with Crippen molar-refractivity contribution in [2.75, 3.05) is 14.2 Å². The zero-order valence-electron chi connectivity index (χ0n) is 11.6. The first-order chi connectivity index (χ1) is 10.2. The maximum atomic E-state index is 11.7. The molecule has 2 aromatic rings. The number of benzene rings is 1. The van der Waals surface area contributed by atoms with Gasteiger partial charge in [-0.3, -0.25) is 0 Å². The zero-order valence-corrected chi connectivity index (χ0v) is 12.4. The number of esters is 2. The maximum Gasteiger partial charge on any atom is 0.341 e. The van der Waals surface area contributed by atoms with Crippen molar-refractivity contribution >= 4 is 23.7 Å². The number of rotatable bonds is 5. The molecule has 0 atom stereocenters. The van der Waals surface area contributed by atoms with Gasteiger partial charge < -0.3 is 13.9 Å². The Morgan fingerprint density at radius 3 is 2.43 bits per heavy atom. The van der Waals surface area contributed by atoms with Gasteiger partial charge in [-0.05, 0) is 18.2 Å². The summed E-state index contributed by atoms with van der Waals surface area (Å²) in [5.74, 6) is 0.0729. The zero-order chi connectivity index (χ0) is 15.2.